The van der Waals surface area contributed by atoms with Gasteiger partial charge in [-0.05, 0) is 24.7 Å². The number of thioether (sulfide) groups is 1. The van der Waals surface area contributed by atoms with Gasteiger partial charge in [0, 0.05) is 36.7 Å². The van der Waals surface area contributed by atoms with Crippen LogP contribution in [0.5, 0.6) is 0 Å². The van der Waals surface area contributed by atoms with Gasteiger partial charge in [0.05, 0.1) is 11.6 Å². The molecule has 5 nitrogen and oxygen atoms in total. The average molecular weight is 384 g/mol. The number of rotatable bonds is 7. The second-order valence-electron chi connectivity index (χ2n) is 6.77. The van der Waals surface area contributed by atoms with Gasteiger partial charge in [0.25, 0.3) is 0 Å². The maximum absolute atomic E-state index is 12.4. The monoisotopic (exact) mass is 383 g/mol. The fourth-order valence-electron chi connectivity index (χ4n) is 3.00. The van der Waals surface area contributed by atoms with Crippen LogP contribution in [0.2, 0.25) is 0 Å². The number of para-hydroxylation sites is 1. The Hall–Kier alpha value is -2.31. The van der Waals surface area contributed by atoms with Gasteiger partial charge >= 0.3 is 0 Å². The van der Waals surface area contributed by atoms with E-state index in [1.807, 2.05) is 49.5 Å². The van der Waals surface area contributed by atoms with Gasteiger partial charge in [-0.2, -0.15) is 0 Å². The summed E-state index contributed by atoms with van der Waals surface area (Å²) in [6.07, 6.45) is 0.217. The van der Waals surface area contributed by atoms with E-state index in [1.54, 1.807) is 11.8 Å². The summed E-state index contributed by atoms with van der Waals surface area (Å²) in [6.45, 7) is 2.18. The molecule has 0 aliphatic carbocycles. The number of carbonyl (C=O) groups is 2. The molecule has 0 saturated carbocycles. The molecule has 0 aromatic heterocycles. The summed E-state index contributed by atoms with van der Waals surface area (Å²) < 4.78 is 0. The van der Waals surface area contributed by atoms with Gasteiger partial charge in [0.1, 0.15) is 0 Å². The van der Waals surface area contributed by atoms with Crippen LogP contribution in [-0.2, 0) is 16.1 Å². The Morgan fingerprint density at radius 1 is 1.19 bits per heavy atom. The number of hydrogen-bond donors (Lipinski definition) is 2. The smallest absolute Gasteiger partial charge is 0.228 e. The van der Waals surface area contributed by atoms with Crippen LogP contribution in [0.25, 0.3) is 0 Å². The van der Waals surface area contributed by atoms with E-state index in [0.717, 1.165) is 23.7 Å². The van der Waals surface area contributed by atoms with Crippen LogP contribution in [0.15, 0.2) is 59.5 Å². The van der Waals surface area contributed by atoms with E-state index in [1.165, 1.54) is 5.56 Å². The van der Waals surface area contributed by atoms with Crippen molar-refractivity contribution in [1.82, 2.24) is 10.2 Å². The van der Waals surface area contributed by atoms with Crippen molar-refractivity contribution in [3.63, 3.8) is 0 Å². The molecule has 0 bridgehead atoms. The summed E-state index contributed by atoms with van der Waals surface area (Å²) in [4.78, 5) is 27.9. The Bertz CT molecular complexity index is 782. The summed E-state index contributed by atoms with van der Waals surface area (Å²) in [5.41, 5.74) is 2.08. The lowest BCUT2D eigenvalue weighted by molar-refractivity contribution is -0.126. The number of anilines is 1. The molecule has 2 N–H and O–H groups in total. The van der Waals surface area contributed by atoms with Crippen LogP contribution in [0, 0.1) is 5.92 Å². The predicted octanol–water partition coefficient (Wildman–Crippen LogP) is 2.99. The molecule has 0 spiro atoms. The normalized spacial score (nSPS) is 16.4. The minimum absolute atomic E-state index is 0.0742. The van der Waals surface area contributed by atoms with Gasteiger partial charge in [0.2, 0.25) is 11.8 Å². The number of benzene rings is 2. The molecular formula is C21H25N3O2S. The molecule has 2 amide bonds. The van der Waals surface area contributed by atoms with Crippen molar-refractivity contribution in [2.45, 2.75) is 17.9 Å². The van der Waals surface area contributed by atoms with Crippen molar-refractivity contribution in [3.8, 4) is 0 Å². The summed E-state index contributed by atoms with van der Waals surface area (Å²) in [7, 11) is 2.03. The Morgan fingerprint density at radius 3 is 2.74 bits per heavy atom. The van der Waals surface area contributed by atoms with Crippen molar-refractivity contribution in [1.29, 1.82) is 0 Å². The second kappa shape index (κ2) is 9.58. The lowest BCUT2D eigenvalue weighted by atomic mass is 10.1. The van der Waals surface area contributed by atoms with E-state index >= 15 is 0 Å². The molecule has 3 rings (SSSR count). The van der Waals surface area contributed by atoms with E-state index in [9.17, 15) is 9.59 Å². The van der Waals surface area contributed by atoms with Gasteiger partial charge in [-0.15, -0.1) is 11.8 Å². The number of likely N-dealkylation sites (N-methyl/N-ethyl adjacent to an activating group) is 1. The van der Waals surface area contributed by atoms with Crippen molar-refractivity contribution in [2.24, 2.45) is 5.92 Å². The summed E-state index contributed by atoms with van der Waals surface area (Å²) >= 11 is 1.62. The van der Waals surface area contributed by atoms with Gasteiger partial charge < -0.3 is 15.5 Å². The first kappa shape index (κ1) is 19.5. The first-order valence-electron chi connectivity index (χ1n) is 9.13. The molecule has 6 heteroatoms. The SMILES string of the molecule is CN(CCNC(=O)C[C@H]1CSc2ccccc2NC1=O)Cc1ccccc1. The van der Waals surface area contributed by atoms with Crippen LogP contribution < -0.4 is 10.6 Å². The Kier molecular flexibility index (Phi) is 6.90. The van der Waals surface area contributed by atoms with Crippen LogP contribution in [0.1, 0.15) is 12.0 Å². The molecule has 1 heterocycles. The number of amides is 2. The van der Waals surface area contributed by atoms with E-state index in [4.69, 9.17) is 0 Å². The minimum Gasteiger partial charge on any atom is -0.355 e. The molecule has 0 unspecified atom stereocenters. The molecule has 142 valence electrons. The number of carbonyl (C=O) groups excluding carboxylic acids is 2. The molecule has 2 aromatic rings. The zero-order valence-corrected chi connectivity index (χ0v) is 16.3. The van der Waals surface area contributed by atoms with E-state index < -0.39 is 0 Å². The Balaban J connectivity index is 1.41. The third kappa shape index (κ3) is 5.84. The van der Waals surface area contributed by atoms with Gasteiger partial charge in [-0.25, -0.2) is 0 Å². The first-order valence-corrected chi connectivity index (χ1v) is 10.1. The van der Waals surface area contributed by atoms with Crippen LogP contribution in [0.4, 0.5) is 5.69 Å². The zero-order valence-electron chi connectivity index (χ0n) is 15.5. The van der Waals surface area contributed by atoms with Crippen molar-refractivity contribution in [2.75, 3.05) is 31.2 Å². The third-order valence-corrected chi connectivity index (χ3v) is 5.73. The van der Waals surface area contributed by atoms with E-state index in [-0.39, 0.29) is 24.2 Å². The van der Waals surface area contributed by atoms with E-state index in [2.05, 4.69) is 27.7 Å². The Morgan fingerprint density at radius 2 is 1.93 bits per heavy atom. The van der Waals surface area contributed by atoms with E-state index in [0.29, 0.717) is 12.3 Å². The second-order valence-corrected chi connectivity index (χ2v) is 7.83. The summed E-state index contributed by atoms with van der Waals surface area (Å²) in [5.74, 6) is 0.146. The van der Waals surface area contributed by atoms with Crippen LogP contribution in [0.3, 0.4) is 0 Å². The van der Waals surface area contributed by atoms with Crippen molar-refractivity contribution >= 4 is 29.3 Å². The number of nitrogens with one attached hydrogen (secondary N) is 2. The highest BCUT2D eigenvalue weighted by atomic mass is 32.2. The van der Waals surface area contributed by atoms with Gasteiger partial charge in [-0.1, -0.05) is 42.5 Å². The molecule has 1 aliphatic heterocycles. The quantitative estimate of drug-likeness (QED) is 0.772. The number of fused-ring (bicyclic) bond motifs is 1. The molecule has 0 fully saturated rings. The highest BCUT2D eigenvalue weighted by molar-refractivity contribution is 7.99. The summed E-state index contributed by atoms with van der Waals surface area (Å²) in [5, 5.41) is 5.87. The van der Waals surface area contributed by atoms with Crippen molar-refractivity contribution < 1.29 is 9.59 Å². The zero-order chi connectivity index (χ0) is 19.1. The fraction of sp³-hybridized carbons (Fsp3) is 0.333. The van der Waals surface area contributed by atoms with Gasteiger partial charge in [0.15, 0.2) is 0 Å². The fourth-order valence-corrected chi connectivity index (χ4v) is 4.10. The standard InChI is InChI=1S/C21H25N3O2S/c1-24(14-16-7-3-2-4-8-16)12-11-22-20(25)13-17-15-27-19-10-6-5-9-18(19)23-21(17)26/h2-10,17H,11-15H2,1H3,(H,22,25)(H,23,26)/t17-/m0/s1. The van der Waals surface area contributed by atoms with Gasteiger partial charge in [-0.3, -0.25) is 9.59 Å². The van der Waals surface area contributed by atoms with Crippen molar-refractivity contribution in [3.05, 3.63) is 60.2 Å². The molecule has 1 aliphatic rings. The third-order valence-electron chi connectivity index (χ3n) is 4.50. The molecular weight excluding hydrogens is 358 g/mol. The highest BCUT2D eigenvalue weighted by Gasteiger charge is 2.26. The first-order chi connectivity index (χ1) is 13.1. The average Bonchev–Trinajstić information content (AvgIpc) is 2.81. The number of nitrogens with zero attached hydrogens (tertiary/aromatic N) is 1. The molecule has 1 atom stereocenters. The van der Waals surface area contributed by atoms with Crippen LogP contribution >= 0.6 is 11.8 Å². The highest BCUT2D eigenvalue weighted by Crippen LogP contribution is 2.32. The number of hydrogen-bond acceptors (Lipinski definition) is 4. The maximum Gasteiger partial charge on any atom is 0.228 e. The topological polar surface area (TPSA) is 61.4 Å². The largest absolute Gasteiger partial charge is 0.355 e. The van der Waals surface area contributed by atoms with Crippen LogP contribution in [-0.4, -0.2) is 42.6 Å². The minimum atomic E-state index is -0.315. The molecule has 0 saturated heterocycles. The molecule has 27 heavy (non-hydrogen) atoms. The predicted molar refractivity (Wildman–Crippen MR) is 110 cm³/mol. The Labute approximate surface area is 164 Å². The summed E-state index contributed by atoms with van der Waals surface area (Å²) in [6, 6.07) is 18.0. The molecule has 2 aromatic carbocycles. The lowest BCUT2D eigenvalue weighted by Gasteiger charge is -2.18. The lowest BCUT2D eigenvalue weighted by Crippen LogP contribution is -2.35. The molecule has 0 radical (unpaired) electrons. The maximum atomic E-state index is 12.4.